The van der Waals surface area contributed by atoms with Gasteiger partial charge >= 0.3 is 0 Å². The van der Waals surface area contributed by atoms with E-state index in [1.807, 2.05) is 12.2 Å². The van der Waals surface area contributed by atoms with E-state index in [9.17, 15) is 13.2 Å². The zero-order valence-corrected chi connectivity index (χ0v) is 16.7. The summed E-state index contributed by atoms with van der Waals surface area (Å²) in [6.07, 6.45) is 5.30. The molecule has 0 radical (unpaired) electrons. The summed E-state index contributed by atoms with van der Waals surface area (Å²) in [6.45, 7) is 2.04. The predicted molar refractivity (Wildman–Crippen MR) is 108 cm³/mol. The molecular weight excluding hydrogens is 378 g/mol. The van der Waals surface area contributed by atoms with Gasteiger partial charge in [0.1, 0.15) is 6.61 Å². The second-order valence-corrected chi connectivity index (χ2v) is 8.52. The molecule has 0 aliphatic rings. The lowest BCUT2D eigenvalue weighted by Crippen LogP contribution is -2.22. The van der Waals surface area contributed by atoms with Crippen LogP contribution < -0.4 is 10.3 Å². The van der Waals surface area contributed by atoms with Crippen molar-refractivity contribution in [2.75, 3.05) is 20.7 Å². The van der Waals surface area contributed by atoms with Crippen molar-refractivity contribution in [3.05, 3.63) is 76.3 Å². The Hall–Kier alpha value is -2.97. The molecule has 0 aliphatic heterocycles. The lowest BCUT2D eigenvalue weighted by atomic mass is 10.2. The molecule has 28 heavy (non-hydrogen) atoms. The van der Waals surface area contributed by atoms with Gasteiger partial charge in [-0.25, -0.2) is 17.7 Å². The van der Waals surface area contributed by atoms with E-state index in [0.29, 0.717) is 17.1 Å². The van der Waals surface area contributed by atoms with Gasteiger partial charge in [-0.3, -0.25) is 9.20 Å². The third-order valence-electron chi connectivity index (χ3n) is 4.09. The van der Waals surface area contributed by atoms with Crippen LogP contribution in [0.5, 0.6) is 5.75 Å². The normalized spacial score (nSPS) is 12.1. The maximum absolute atomic E-state index is 12.1. The first-order valence-electron chi connectivity index (χ1n) is 8.60. The fraction of sp³-hybridized carbons (Fsp3) is 0.200. The van der Waals surface area contributed by atoms with Gasteiger partial charge in [-0.15, -0.1) is 0 Å². The van der Waals surface area contributed by atoms with Crippen molar-refractivity contribution in [2.45, 2.75) is 11.8 Å². The van der Waals surface area contributed by atoms with Crippen LogP contribution in [0.3, 0.4) is 0 Å². The quantitative estimate of drug-likeness (QED) is 0.636. The van der Waals surface area contributed by atoms with Gasteiger partial charge in [0, 0.05) is 32.1 Å². The highest BCUT2D eigenvalue weighted by atomic mass is 32.2. The molecule has 0 saturated heterocycles. The predicted octanol–water partition coefficient (Wildman–Crippen LogP) is 2.35. The second-order valence-electron chi connectivity index (χ2n) is 6.37. The number of aromatic nitrogens is 2. The molecular formula is C20H21N3O4S. The summed E-state index contributed by atoms with van der Waals surface area (Å²) in [5, 5.41) is 0. The van der Waals surface area contributed by atoms with Crippen LogP contribution in [0.2, 0.25) is 0 Å². The monoisotopic (exact) mass is 399 g/mol. The standard InChI is InChI=1S/C20H21N3O4S/c1-15-14-19(24)23-12-4-7-18(20(23)21-15)27-13-5-6-16-8-10-17(11-9-16)28(25,26)22(2)3/h4-12,14H,13H2,1-3H3/b6-5+. The first kappa shape index (κ1) is 19.8. The SMILES string of the molecule is Cc1cc(=O)n2cccc(OC/C=C/c3ccc(S(=O)(=O)N(C)C)cc3)c2n1. The van der Waals surface area contributed by atoms with Crippen molar-refractivity contribution < 1.29 is 13.2 Å². The van der Waals surface area contributed by atoms with E-state index in [1.165, 1.54) is 28.9 Å². The Bertz CT molecular complexity index is 1180. The molecule has 2 aromatic heterocycles. The van der Waals surface area contributed by atoms with Crippen LogP contribution in [-0.4, -0.2) is 42.8 Å². The van der Waals surface area contributed by atoms with Crippen molar-refractivity contribution in [2.24, 2.45) is 0 Å². The highest BCUT2D eigenvalue weighted by molar-refractivity contribution is 7.89. The molecule has 0 saturated carbocycles. The third-order valence-corrected chi connectivity index (χ3v) is 5.92. The number of hydrogen-bond donors (Lipinski definition) is 0. The Morgan fingerprint density at radius 2 is 1.89 bits per heavy atom. The minimum Gasteiger partial charge on any atom is -0.486 e. The highest BCUT2D eigenvalue weighted by Gasteiger charge is 2.16. The zero-order chi connectivity index (χ0) is 20.3. The maximum Gasteiger partial charge on any atom is 0.258 e. The lowest BCUT2D eigenvalue weighted by molar-refractivity contribution is 0.365. The van der Waals surface area contributed by atoms with E-state index >= 15 is 0 Å². The van der Waals surface area contributed by atoms with Crippen molar-refractivity contribution >= 4 is 21.7 Å². The fourth-order valence-electron chi connectivity index (χ4n) is 2.61. The van der Waals surface area contributed by atoms with Crippen LogP contribution >= 0.6 is 0 Å². The minimum atomic E-state index is -3.43. The molecule has 3 rings (SSSR count). The summed E-state index contributed by atoms with van der Waals surface area (Å²) in [7, 11) is -0.437. The Kier molecular flexibility index (Phi) is 5.62. The van der Waals surface area contributed by atoms with E-state index in [0.717, 1.165) is 5.56 Å². The second kappa shape index (κ2) is 7.95. The average molecular weight is 399 g/mol. The van der Waals surface area contributed by atoms with Gasteiger partial charge in [0.15, 0.2) is 11.4 Å². The zero-order valence-electron chi connectivity index (χ0n) is 15.9. The molecule has 0 fully saturated rings. The van der Waals surface area contributed by atoms with Crippen molar-refractivity contribution in [1.82, 2.24) is 13.7 Å². The maximum atomic E-state index is 12.1. The molecule has 2 heterocycles. The van der Waals surface area contributed by atoms with Crippen LogP contribution in [0, 0.1) is 6.92 Å². The molecule has 0 aliphatic carbocycles. The number of ether oxygens (including phenoxy) is 1. The Morgan fingerprint density at radius 1 is 1.18 bits per heavy atom. The van der Waals surface area contributed by atoms with E-state index < -0.39 is 10.0 Å². The molecule has 0 bridgehead atoms. The van der Waals surface area contributed by atoms with E-state index in [1.54, 1.807) is 49.5 Å². The number of hydrogen-bond acceptors (Lipinski definition) is 5. The Balaban J connectivity index is 1.71. The first-order chi connectivity index (χ1) is 13.3. The van der Waals surface area contributed by atoms with Gasteiger partial charge in [0.05, 0.1) is 4.90 Å². The lowest BCUT2D eigenvalue weighted by Gasteiger charge is -2.11. The summed E-state index contributed by atoms with van der Waals surface area (Å²) < 4.78 is 32.5. The summed E-state index contributed by atoms with van der Waals surface area (Å²) in [4.78, 5) is 16.6. The summed E-state index contributed by atoms with van der Waals surface area (Å²) in [5.41, 5.74) is 1.80. The number of sulfonamides is 1. The summed E-state index contributed by atoms with van der Waals surface area (Å²) in [5.74, 6) is 0.514. The number of fused-ring (bicyclic) bond motifs is 1. The number of rotatable bonds is 6. The smallest absolute Gasteiger partial charge is 0.258 e. The average Bonchev–Trinajstić information content (AvgIpc) is 2.65. The van der Waals surface area contributed by atoms with Gasteiger partial charge in [-0.05, 0) is 42.8 Å². The van der Waals surface area contributed by atoms with Crippen LogP contribution in [0.15, 0.2) is 64.4 Å². The van der Waals surface area contributed by atoms with Crippen LogP contribution in [0.1, 0.15) is 11.3 Å². The third kappa shape index (κ3) is 4.13. The summed E-state index contributed by atoms with van der Waals surface area (Å²) in [6, 6.07) is 11.6. The molecule has 146 valence electrons. The molecule has 0 amide bonds. The van der Waals surface area contributed by atoms with E-state index in [4.69, 9.17) is 4.74 Å². The van der Waals surface area contributed by atoms with Gasteiger partial charge in [-0.1, -0.05) is 18.2 Å². The van der Waals surface area contributed by atoms with Crippen LogP contribution in [-0.2, 0) is 10.0 Å². The topological polar surface area (TPSA) is 81.0 Å². The number of benzene rings is 1. The first-order valence-corrected chi connectivity index (χ1v) is 10.0. The Morgan fingerprint density at radius 3 is 2.57 bits per heavy atom. The van der Waals surface area contributed by atoms with Crippen molar-refractivity contribution in [3.8, 4) is 5.75 Å². The fourth-order valence-corrected chi connectivity index (χ4v) is 3.51. The molecule has 3 aromatic rings. The molecule has 0 N–H and O–H groups in total. The molecule has 0 atom stereocenters. The van der Waals surface area contributed by atoms with Gasteiger partial charge < -0.3 is 4.74 Å². The highest BCUT2D eigenvalue weighted by Crippen LogP contribution is 2.17. The largest absolute Gasteiger partial charge is 0.486 e. The van der Waals surface area contributed by atoms with Gasteiger partial charge in [0.25, 0.3) is 5.56 Å². The van der Waals surface area contributed by atoms with Crippen LogP contribution in [0.4, 0.5) is 0 Å². The van der Waals surface area contributed by atoms with Crippen LogP contribution in [0.25, 0.3) is 11.7 Å². The van der Waals surface area contributed by atoms with Crippen molar-refractivity contribution in [3.63, 3.8) is 0 Å². The number of nitrogens with zero attached hydrogens (tertiary/aromatic N) is 3. The molecule has 0 spiro atoms. The van der Waals surface area contributed by atoms with E-state index in [2.05, 4.69) is 4.98 Å². The summed E-state index contributed by atoms with van der Waals surface area (Å²) >= 11 is 0. The van der Waals surface area contributed by atoms with E-state index in [-0.39, 0.29) is 17.1 Å². The Labute approximate surface area is 163 Å². The van der Waals surface area contributed by atoms with Gasteiger partial charge in [0.2, 0.25) is 10.0 Å². The minimum absolute atomic E-state index is 0.156. The molecule has 7 nitrogen and oxygen atoms in total. The van der Waals surface area contributed by atoms with Gasteiger partial charge in [-0.2, -0.15) is 0 Å². The molecule has 8 heteroatoms. The molecule has 1 aromatic carbocycles. The van der Waals surface area contributed by atoms with Crippen molar-refractivity contribution in [1.29, 1.82) is 0 Å². The molecule has 0 unspecified atom stereocenters. The number of pyridine rings is 1. The number of aryl methyl sites for hydroxylation is 1.